The summed E-state index contributed by atoms with van der Waals surface area (Å²) < 4.78 is 0. The van der Waals surface area contributed by atoms with Crippen molar-refractivity contribution in [1.82, 2.24) is 9.88 Å². The lowest BCUT2D eigenvalue weighted by Crippen LogP contribution is -2.48. The first kappa shape index (κ1) is 14.5. The molecule has 3 atom stereocenters. The lowest BCUT2D eigenvalue weighted by Gasteiger charge is -2.43. The average molecular weight is 261 g/mol. The van der Waals surface area contributed by atoms with Gasteiger partial charge in [0.25, 0.3) is 0 Å². The fraction of sp³-hybridized carbons (Fsp3) is 0.688. The first-order valence-corrected chi connectivity index (χ1v) is 7.70. The molecule has 0 spiro atoms. The van der Waals surface area contributed by atoms with Crippen LogP contribution in [-0.4, -0.2) is 28.5 Å². The maximum absolute atomic E-state index is 6.42. The standard InChI is InChI=1S/C16H27N3/c1-3-13-9-6-8-12-19(13)16(14(17)4-2)15-10-5-7-11-18-15/h5,7,10-11,13-14,16H,3-4,6,8-9,12,17H2,1-2H3. The SMILES string of the molecule is CCC(N)C(c1ccccn1)N1CCCCC1CC. The number of nitrogens with zero attached hydrogens (tertiary/aromatic N) is 2. The van der Waals surface area contributed by atoms with Crippen LogP contribution in [0.3, 0.4) is 0 Å². The molecule has 1 aliphatic rings. The van der Waals surface area contributed by atoms with Gasteiger partial charge in [-0.25, -0.2) is 0 Å². The zero-order valence-corrected chi connectivity index (χ0v) is 12.3. The number of nitrogens with two attached hydrogens (primary N) is 1. The summed E-state index contributed by atoms with van der Waals surface area (Å²) in [4.78, 5) is 7.18. The van der Waals surface area contributed by atoms with E-state index in [-0.39, 0.29) is 12.1 Å². The molecule has 0 bridgehead atoms. The maximum Gasteiger partial charge on any atom is 0.0675 e. The van der Waals surface area contributed by atoms with E-state index < -0.39 is 0 Å². The van der Waals surface area contributed by atoms with Crippen molar-refractivity contribution in [3.05, 3.63) is 30.1 Å². The minimum Gasteiger partial charge on any atom is -0.326 e. The van der Waals surface area contributed by atoms with E-state index >= 15 is 0 Å². The third-order valence-electron chi connectivity index (χ3n) is 4.37. The van der Waals surface area contributed by atoms with E-state index in [1.165, 1.54) is 25.7 Å². The van der Waals surface area contributed by atoms with E-state index in [2.05, 4.69) is 35.9 Å². The molecular formula is C16H27N3. The molecule has 1 fully saturated rings. The van der Waals surface area contributed by atoms with Gasteiger partial charge in [0.2, 0.25) is 0 Å². The summed E-state index contributed by atoms with van der Waals surface area (Å²) in [7, 11) is 0. The topological polar surface area (TPSA) is 42.1 Å². The molecule has 1 aliphatic heterocycles. The van der Waals surface area contributed by atoms with Gasteiger partial charge in [-0.15, -0.1) is 0 Å². The van der Waals surface area contributed by atoms with Crippen LogP contribution in [0, 0.1) is 0 Å². The van der Waals surface area contributed by atoms with Crippen LogP contribution < -0.4 is 5.73 Å². The molecule has 3 heteroatoms. The molecule has 19 heavy (non-hydrogen) atoms. The Hall–Kier alpha value is -0.930. The van der Waals surface area contributed by atoms with Crippen molar-refractivity contribution in [2.24, 2.45) is 5.73 Å². The summed E-state index contributed by atoms with van der Waals surface area (Å²) in [6.07, 6.45) is 8.03. The van der Waals surface area contributed by atoms with Gasteiger partial charge in [0.1, 0.15) is 0 Å². The monoisotopic (exact) mass is 261 g/mol. The van der Waals surface area contributed by atoms with Gasteiger partial charge in [-0.2, -0.15) is 0 Å². The van der Waals surface area contributed by atoms with Gasteiger partial charge >= 0.3 is 0 Å². The van der Waals surface area contributed by atoms with E-state index in [0.717, 1.165) is 18.7 Å². The molecule has 1 aromatic rings. The molecule has 0 saturated carbocycles. The van der Waals surface area contributed by atoms with Crippen molar-refractivity contribution in [3.63, 3.8) is 0 Å². The number of aromatic nitrogens is 1. The number of pyridine rings is 1. The molecule has 106 valence electrons. The van der Waals surface area contributed by atoms with Crippen LogP contribution in [-0.2, 0) is 0 Å². The summed E-state index contributed by atoms with van der Waals surface area (Å²) in [6.45, 7) is 5.62. The molecule has 0 amide bonds. The Kier molecular flexibility index (Phi) is 5.34. The zero-order valence-electron chi connectivity index (χ0n) is 12.3. The molecule has 0 aliphatic carbocycles. The molecule has 2 rings (SSSR count). The molecule has 0 aromatic carbocycles. The van der Waals surface area contributed by atoms with Crippen molar-refractivity contribution in [1.29, 1.82) is 0 Å². The van der Waals surface area contributed by atoms with Gasteiger partial charge in [0.05, 0.1) is 11.7 Å². The van der Waals surface area contributed by atoms with Gasteiger partial charge in [-0.1, -0.05) is 26.3 Å². The fourth-order valence-corrected chi connectivity index (χ4v) is 3.24. The number of hydrogen-bond acceptors (Lipinski definition) is 3. The van der Waals surface area contributed by atoms with Crippen LogP contribution in [0.2, 0.25) is 0 Å². The van der Waals surface area contributed by atoms with E-state index in [1.54, 1.807) is 0 Å². The molecule has 2 heterocycles. The Labute approximate surface area is 117 Å². The maximum atomic E-state index is 6.42. The predicted molar refractivity (Wildman–Crippen MR) is 79.9 cm³/mol. The highest BCUT2D eigenvalue weighted by atomic mass is 15.2. The van der Waals surface area contributed by atoms with Crippen LogP contribution in [0.25, 0.3) is 0 Å². The van der Waals surface area contributed by atoms with Crippen molar-refractivity contribution in [3.8, 4) is 0 Å². The van der Waals surface area contributed by atoms with Gasteiger partial charge in [0, 0.05) is 18.3 Å². The number of piperidine rings is 1. The second-order valence-electron chi connectivity index (χ2n) is 5.57. The Morgan fingerprint density at radius 2 is 2.21 bits per heavy atom. The van der Waals surface area contributed by atoms with Crippen molar-refractivity contribution >= 4 is 0 Å². The molecule has 1 saturated heterocycles. The van der Waals surface area contributed by atoms with E-state index in [0.29, 0.717) is 6.04 Å². The molecule has 3 unspecified atom stereocenters. The number of likely N-dealkylation sites (tertiary alicyclic amines) is 1. The highest BCUT2D eigenvalue weighted by Gasteiger charge is 2.32. The highest BCUT2D eigenvalue weighted by Crippen LogP contribution is 2.31. The summed E-state index contributed by atoms with van der Waals surface area (Å²) in [5.41, 5.74) is 7.55. The normalized spacial score (nSPS) is 24.1. The highest BCUT2D eigenvalue weighted by molar-refractivity contribution is 5.12. The first-order valence-electron chi connectivity index (χ1n) is 7.70. The minimum absolute atomic E-state index is 0.169. The zero-order chi connectivity index (χ0) is 13.7. The molecule has 2 N–H and O–H groups in total. The minimum atomic E-state index is 0.169. The van der Waals surface area contributed by atoms with Crippen LogP contribution >= 0.6 is 0 Å². The van der Waals surface area contributed by atoms with E-state index in [4.69, 9.17) is 5.73 Å². The van der Waals surface area contributed by atoms with E-state index in [9.17, 15) is 0 Å². The van der Waals surface area contributed by atoms with Crippen LogP contribution in [0.4, 0.5) is 0 Å². The Morgan fingerprint density at radius 1 is 1.37 bits per heavy atom. The molecule has 0 radical (unpaired) electrons. The summed E-state index contributed by atoms with van der Waals surface area (Å²) in [5, 5.41) is 0. The Balaban J connectivity index is 2.26. The van der Waals surface area contributed by atoms with Crippen molar-refractivity contribution in [2.45, 2.75) is 64.1 Å². The number of hydrogen-bond donors (Lipinski definition) is 1. The first-order chi connectivity index (χ1) is 9.27. The van der Waals surface area contributed by atoms with Gasteiger partial charge in [0.15, 0.2) is 0 Å². The Bertz CT molecular complexity index is 366. The fourth-order valence-electron chi connectivity index (χ4n) is 3.24. The largest absolute Gasteiger partial charge is 0.326 e. The van der Waals surface area contributed by atoms with Gasteiger partial charge in [-0.3, -0.25) is 9.88 Å². The quantitative estimate of drug-likeness (QED) is 0.885. The average Bonchev–Trinajstić information content (AvgIpc) is 2.49. The van der Waals surface area contributed by atoms with Gasteiger partial charge in [-0.05, 0) is 44.4 Å². The summed E-state index contributed by atoms with van der Waals surface area (Å²) >= 11 is 0. The summed E-state index contributed by atoms with van der Waals surface area (Å²) in [6, 6.07) is 7.28. The summed E-state index contributed by atoms with van der Waals surface area (Å²) in [5.74, 6) is 0. The molecule has 3 nitrogen and oxygen atoms in total. The third-order valence-corrected chi connectivity index (χ3v) is 4.37. The van der Waals surface area contributed by atoms with Crippen LogP contribution in [0.15, 0.2) is 24.4 Å². The second kappa shape index (κ2) is 7.01. The van der Waals surface area contributed by atoms with E-state index in [1.807, 2.05) is 12.3 Å². The smallest absolute Gasteiger partial charge is 0.0675 e. The van der Waals surface area contributed by atoms with Crippen LogP contribution in [0.1, 0.15) is 57.7 Å². The number of rotatable bonds is 5. The lowest BCUT2D eigenvalue weighted by molar-refractivity contribution is 0.0735. The Morgan fingerprint density at radius 3 is 2.84 bits per heavy atom. The van der Waals surface area contributed by atoms with Crippen molar-refractivity contribution < 1.29 is 0 Å². The third kappa shape index (κ3) is 3.34. The molecule has 1 aromatic heterocycles. The van der Waals surface area contributed by atoms with Crippen LogP contribution in [0.5, 0.6) is 0 Å². The second-order valence-corrected chi connectivity index (χ2v) is 5.57. The van der Waals surface area contributed by atoms with Gasteiger partial charge < -0.3 is 5.73 Å². The molecular weight excluding hydrogens is 234 g/mol. The van der Waals surface area contributed by atoms with Crippen molar-refractivity contribution in [2.75, 3.05) is 6.54 Å². The predicted octanol–water partition coefficient (Wildman–Crippen LogP) is 3.12. The lowest BCUT2D eigenvalue weighted by atomic mass is 9.92.